The molecule has 0 spiro atoms. The Bertz CT molecular complexity index is 529. The van der Waals surface area contributed by atoms with E-state index in [1.807, 2.05) is 0 Å². The molecule has 0 aliphatic rings. The molecule has 0 saturated carbocycles. The summed E-state index contributed by atoms with van der Waals surface area (Å²) in [6.45, 7) is 1.27. The lowest BCUT2D eigenvalue weighted by molar-refractivity contribution is -0.389. The van der Waals surface area contributed by atoms with E-state index in [4.69, 9.17) is 0 Å². The van der Waals surface area contributed by atoms with E-state index in [-0.39, 0.29) is 5.56 Å². The first-order valence-corrected chi connectivity index (χ1v) is 4.66. The van der Waals surface area contributed by atoms with E-state index < -0.39 is 34.5 Å². The number of nitro groups is 1. The molecular weight excluding hydrogens is 273 g/mol. The van der Waals surface area contributed by atoms with Crippen LogP contribution in [0.25, 0.3) is 0 Å². The van der Waals surface area contributed by atoms with Gasteiger partial charge in [0.15, 0.2) is 5.69 Å². The van der Waals surface area contributed by atoms with Gasteiger partial charge in [-0.1, -0.05) is 0 Å². The average Bonchev–Trinajstić information content (AvgIpc) is 2.27. The molecule has 0 amide bonds. The first kappa shape index (κ1) is 14.7. The fourth-order valence-corrected chi connectivity index (χ4v) is 1.20. The minimum atomic E-state index is -5.17. The number of hydrogen-bond donors (Lipinski definition) is 0. The van der Waals surface area contributed by atoms with Crippen LogP contribution in [-0.2, 0) is 4.74 Å². The molecule has 7 nitrogen and oxygen atoms in total. The summed E-state index contributed by atoms with van der Waals surface area (Å²) in [6.07, 6.45) is -5.17. The van der Waals surface area contributed by atoms with Gasteiger partial charge in [0.05, 0.1) is 12.0 Å². The number of nitrogens with zero attached hydrogens (tertiary/aromatic N) is 2. The molecule has 0 aromatic carbocycles. The third-order valence-electron chi connectivity index (χ3n) is 1.95. The van der Waals surface area contributed by atoms with Crippen LogP contribution in [0.2, 0.25) is 0 Å². The van der Waals surface area contributed by atoms with Gasteiger partial charge in [0.1, 0.15) is 0 Å². The molecule has 0 fully saturated rings. The Hall–Kier alpha value is -2.39. The van der Waals surface area contributed by atoms with Gasteiger partial charge in [-0.05, 0) is 12.5 Å². The van der Waals surface area contributed by atoms with Gasteiger partial charge in [-0.2, -0.15) is 4.98 Å². The molecule has 1 heterocycles. The van der Waals surface area contributed by atoms with Crippen molar-refractivity contribution in [2.75, 3.05) is 7.11 Å². The number of hydrogen-bond acceptors (Lipinski definition) is 6. The normalized spacial score (nSPS) is 11.0. The second-order valence-electron chi connectivity index (χ2n) is 3.27. The van der Waals surface area contributed by atoms with Crippen molar-refractivity contribution < 1.29 is 32.4 Å². The van der Waals surface area contributed by atoms with Gasteiger partial charge in [-0.25, -0.2) is 4.79 Å². The van der Waals surface area contributed by atoms with Crippen molar-refractivity contribution in [3.63, 3.8) is 0 Å². The van der Waals surface area contributed by atoms with Crippen LogP contribution in [0.3, 0.4) is 0 Å². The second kappa shape index (κ2) is 5.08. The minimum absolute atomic E-state index is 0.00641. The van der Waals surface area contributed by atoms with Gasteiger partial charge in [0.25, 0.3) is 0 Å². The summed E-state index contributed by atoms with van der Waals surface area (Å²) in [4.78, 5) is 24.0. The van der Waals surface area contributed by atoms with Crippen LogP contribution in [-0.4, -0.2) is 29.3 Å². The van der Waals surface area contributed by atoms with Crippen LogP contribution < -0.4 is 4.74 Å². The summed E-state index contributed by atoms with van der Waals surface area (Å²) in [7, 11) is 0.995. The zero-order chi connectivity index (χ0) is 14.8. The molecule has 0 saturated heterocycles. The lowest BCUT2D eigenvalue weighted by Crippen LogP contribution is -2.20. The van der Waals surface area contributed by atoms with E-state index in [9.17, 15) is 28.1 Å². The van der Waals surface area contributed by atoms with Gasteiger partial charge in [-0.15, -0.1) is 13.2 Å². The molecule has 0 aliphatic heterocycles. The number of halogens is 3. The molecule has 104 valence electrons. The first-order chi connectivity index (χ1) is 8.65. The minimum Gasteiger partial charge on any atom is -0.464 e. The van der Waals surface area contributed by atoms with Crippen LogP contribution in [0.5, 0.6) is 5.88 Å². The molecule has 1 aromatic rings. The summed E-state index contributed by atoms with van der Waals surface area (Å²) in [5, 5.41) is 10.6. The van der Waals surface area contributed by atoms with E-state index in [1.54, 1.807) is 0 Å². The SMILES string of the molecule is COC(=O)c1nc(OC(F)(F)F)c([N+](=O)[O-])cc1C. The predicted molar refractivity (Wildman–Crippen MR) is 53.7 cm³/mol. The van der Waals surface area contributed by atoms with Crippen LogP contribution in [0, 0.1) is 17.0 Å². The maximum atomic E-state index is 12.1. The molecule has 0 aliphatic carbocycles. The number of aromatic nitrogens is 1. The van der Waals surface area contributed by atoms with Crippen molar-refractivity contribution in [3.05, 3.63) is 27.4 Å². The Kier molecular flexibility index (Phi) is 3.92. The number of pyridine rings is 1. The molecule has 19 heavy (non-hydrogen) atoms. The molecule has 0 N–H and O–H groups in total. The number of alkyl halides is 3. The topological polar surface area (TPSA) is 91.6 Å². The highest BCUT2D eigenvalue weighted by Crippen LogP contribution is 2.31. The van der Waals surface area contributed by atoms with E-state index >= 15 is 0 Å². The van der Waals surface area contributed by atoms with Crippen molar-refractivity contribution in [1.82, 2.24) is 4.98 Å². The summed E-state index contributed by atoms with van der Waals surface area (Å²) < 4.78 is 44.0. The summed E-state index contributed by atoms with van der Waals surface area (Å²) in [6, 6.07) is 0.750. The molecule has 0 bridgehead atoms. The Morgan fingerprint density at radius 1 is 1.47 bits per heavy atom. The highest BCUT2D eigenvalue weighted by atomic mass is 19.4. The Balaban J connectivity index is 3.39. The zero-order valence-electron chi connectivity index (χ0n) is 9.65. The highest BCUT2D eigenvalue weighted by molar-refractivity contribution is 5.89. The lowest BCUT2D eigenvalue weighted by atomic mass is 10.2. The quantitative estimate of drug-likeness (QED) is 0.477. The van der Waals surface area contributed by atoms with Crippen molar-refractivity contribution in [2.45, 2.75) is 13.3 Å². The van der Waals surface area contributed by atoms with E-state index in [0.29, 0.717) is 0 Å². The molecule has 1 rings (SSSR count). The third kappa shape index (κ3) is 3.53. The van der Waals surface area contributed by atoms with Crippen LogP contribution >= 0.6 is 0 Å². The van der Waals surface area contributed by atoms with Gasteiger partial charge < -0.3 is 9.47 Å². The van der Waals surface area contributed by atoms with Crippen LogP contribution in [0.4, 0.5) is 18.9 Å². The maximum absolute atomic E-state index is 12.1. The molecular formula is C9H7F3N2O5. The molecule has 0 radical (unpaired) electrons. The molecule has 1 aromatic heterocycles. The van der Waals surface area contributed by atoms with Gasteiger partial charge >= 0.3 is 23.9 Å². The molecule has 0 atom stereocenters. The van der Waals surface area contributed by atoms with Crippen LogP contribution in [0.1, 0.15) is 16.1 Å². The van der Waals surface area contributed by atoms with Gasteiger partial charge in [0, 0.05) is 6.07 Å². The zero-order valence-corrected chi connectivity index (χ0v) is 9.65. The van der Waals surface area contributed by atoms with Gasteiger partial charge in [0.2, 0.25) is 0 Å². The van der Waals surface area contributed by atoms with Crippen molar-refractivity contribution in [1.29, 1.82) is 0 Å². The maximum Gasteiger partial charge on any atom is 0.574 e. The largest absolute Gasteiger partial charge is 0.574 e. The third-order valence-corrected chi connectivity index (χ3v) is 1.95. The monoisotopic (exact) mass is 280 g/mol. The number of methoxy groups -OCH3 is 1. The first-order valence-electron chi connectivity index (χ1n) is 4.66. The van der Waals surface area contributed by atoms with Crippen molar-refractivity contribution >= 4 is 11.7 Å². The van der Waals surface area contributed by atoms with Gasteiger partial charge in [-0.3, -0.25) is 10.1 Å². The highest BCUT2D eigenvalue weighted by Gasteiger charge is 2.36. The summed E-state index contributed by atoms with van der Waals surface area (Å²) in [5.41, 5.74) is -1.50. The number of carbonyl (C=O) groups is 1. The second-order valence-corrected chi connectivity index (χ2v) is 3.27. The average molecular weight is 280 g/mol. The number of aryl methyl sites for hydroxylation is 1. The number of carbonyl (C=O) groups excluding carboxylic acids is 1. The smallest absolute Gasteiger partial charge is 0.464 e. The number of ether oxygens (including phenoxy) is 2. The fourth-order valence-electron chi connectivity index (χ4n) is 1.20. The standard InChI is InChI=1S/C9H7F3N2O5/c1-4-3-5(14(16)17)7(19-9(10,11)12)13-6(4)8(15)18-2/h3H,1-2H3. The van der Waals surface area contributed by atoms with Crippen molar-refractivity contribution in [2.24, 2.45) is 0 Å². The summed E-state index contributed by atoms with van der Waals surface area (Å²) >= 11 is 0. The Morgan fingerprint density at radius 2 is 2.05 bits per heavy atom. The fraction of sp³-hybridized carbons (Fsp3) is 0.333. The van der Waals surface area contributed by atoms with Crippen molar-refractivity contribution in [3.8, 4) is 5.88 Å². The van der Waals surface area contributed by atoms with E-state index in [0.717, 1.165) is 13.2 Å². The Morgan fingerprint density at radius 3 is 2.47 bits per heavy atom. The summed E-state index contributed by atoms with van der Waals surface area (Å²) in [5.74, 6) is -2.34. The van der Waals surface area contributed by atoms with Crippen LogP contribution in [0.15, 0.2) is 6.07 Å². The van der Waals surface area contributed by atoms with E-state index in [2.05, 4.69) is 14.5 Å². The molecule has 10 heteroatoms. The molecule has 0 unspecified atom stereocenters. The predicted octanol–water partition coefficient (Wildman–Crippen LogP) is 1.98. The lowest BCUT2D eigenvalue weighted by Gasteiger charge is -2.10. The number of rotatable bonds is 3. The van der Waals surface area contributed by atoms with E-state index in [1.165, 1.54) is 6.92 Å². The number of esters is 1. The Labute approximate surface area is 104 Å².